The zero-order valence-electron chi connectivity index (χ0n) is 12.3. The molecular weight excluding hydrogens is 310 g/mol. The van der Waals surface area contributed by atoms with Crippen molar-refractivity contribution in [2.75, 3.05) is 5.32 Å². The highest BCUT2D eigenvalue weighted by Gasteiger charge is 2.09. The molecule has 24 heavy (non-hydrogen) atoms. The molecule has 0 spiro atoms. The van der Waals surface area contributed by atoms with E-state index in [0.29, 0.717) is 16.5 Å². The summed E-state index contributed by atoms with van der Waals surface area (Å²) in [6, 6.07) is 15.1. The van der Waals surface area contributed by atoms with Crippen LogP contribution in [0, 0.1) is 0 Å². The van der Waals surface area contributed by atoms with Gasteiger partial charge in [0.15, 0.2) is 0 Å². The smallest absolute Gasteiger partial charge is 0.339 e. The van der Waals surface area contributed by atoms with Gasteiger partial charge in [-0.25, -0.2) is 10.2 Å². The third-order valence-electron chi connectivity index (χ3n) is 3.39. The molecule has 0 aliphatic heterocycles. The van der Waals surface area contributed by atoms with Crippen molar-refractivity contribution in [3.63, 3.8) is 0 Å². The summed E-state index contributed by atoms with van der Waals surface area (Å²) in [4.78, 5) is 11.9. The number of rotatable bonds is 2. The summed E-state index contributed by atoms with van der Waals surface area (Å²) in [5, 5.41) is 32.8. The van der Waals surface area contributed by atoms with Crippen molar-refractivity contribution in [3.8, 4) is 0 Å². The summed E-state index contributed by atoms with van der Waals surface area (Å²) in [5.41, 5.74) is 2.89. The lowest BCUT2D eigenvalue weighted by molar-refractivity contribution is 0.252. The van der Waals surface area contributed by atoms with E-state index in [-0.39, 0.29) is 16.1 Å². The van der Waals surface area contributed by atoms with E-state index in [1.807, 2.05) is 6.07 Å². The van der Waals surface area contributed by atoms with Crippen molar-refractivity contribution in [2.45, 2.75) is 0 Å². The first kappa shape index (κ1) is 15.2. The topological polar surface area (TPSA) is 119 Å². The van der Waals surface area contributed by atoms with Gasteiger partial charge in [0.25, 0.3) is 0 Å². The fourth-order valence-corrected chi connectivity index (χ4v) is 2.36. The van der Waals surface area contributed by atoms with E-state index in [4.69, 9.17) is 0 Å². The molecule has 0 unspecified atom stereocenters. The Labute approximate surface area is 135 Å². The fraction of sp³-hybridized carbons (Fsp3) is 0. The largest absolute Gasteiger partial charge is 0.410 e. The molecule has 0 aliphatic rings. The molecule has 4 N–H and O–H groups in total. The third kappa shape index (κ3) is 2.80. The Morgan fingerprint density at radius 1 is 0.792 bits per heavy atom. The van der Waals surface area contributed by atoms with Crippen molar-refractivity contribution in [3.05, 3.63) is 70.7 Å². The SMILES string of the molecule is O=C(NN=c1c(=NO)c2ccccc2/c1=N/O)Nc1ccccc1. The van der Waals surface area contributed by atoms with E-state index in [1.54, 1.807) is 48.5 Å². The second kappa shape index (κ2) is 6.61. The highest BCUT2D eigenvalue weighted by atomic mass is 16.4. The number of urea groups is 1. The first-order valence-electron chi connectivity index (χ1n) is 6.99. The minimum absolute atomic E-state index is 0.0596. The maximum absolute atomic E-state index is 11.9. The quantitative estimate of drug-likeness (QED) is 0.415. The van der Waals surface area contributed by atoms with E-state index < -0.39 is 6.03 Å². The van der Waals surface area contributed by atoms with Gasteiger partial charge >= 0.3 is 6.03 Å². The van der Waals surface area contributed by atoms with E-state index in [2.05, 4.69) is 26.2 Å². The van der Waals surface area contributed by atoms with Crippen LogP contribution in [0.4, 0.5) is 10.5 Å². The standard InChI is InChI=1S/C16H13N5O3/c22-16(17-10-6-2-1-3-7-10)19-18-15-13(20-23)11-8-4-5-9-12(11)14(15)21-24/h1-9,23-24H,(H2,17,19,22)/b18-15?,20-13-,21-14?. The number of benzene rings is 2. The molecule has 8 heteroatoms. The minimum atomic E-state index is -0.584. The van der Waals surface area contributed by atoms with Crippen molar-refractivity contribution in [1.29, 1.82) is 0 Å². The molecule has 0 fully saturated rings. The number of carbonyl (C=O) groups excluding carboxylic acids is 1. The van der Waals surface area contributed by atoms with Crippen molar-refractivity contribution >= 4 is 22.5 Å². The lowest BCUT2D eigenvalue weighted by Gasteiger charge is -2.02. The van der Waals surface area contributed by atoms with Gasteiger partial charge in [0, 0.05) is 16.5 Å². The lowest BCUT2D eigenvalue weighted by Crippen LogP contribution is -2.38. The zero-order chi connectivity index (χ0) is 16.9. The summed E-state index contributed by atoms with van der Waals surface area (Å²) >= 11 is 0. The molecule has 2 amide bonds. The number of nitrogens with one attached hydrogen (secondary N) is 2. The van der Waals surface area contributed by atoms with E-state index in [1.165, 1.54) is 0 Å². The highest BCUT2D eigenvalue weighted by Crippen LogP contribution is 2.04. The van der Waals surface area contributed by atoms with Gasteiger partial charge in [0.2, 0.25) is 0 Å². The summed E-state index contributed by atoms with van der Waals surface area (Å²) in [5.74, 6) is 0. The molecule has 0 saturated heterocycles. The minimum Gasteiger partial charge on any atom is -0.410 e. The van der Waals surface area contributed by atoms with E-state index >= 15 is 0 Å². The first-order chi connectivity index (χ1) is 11.7. The van der Waals surface area contributed by atoms with Crippen LogP contribution < -0.4 is 26.8 Å². The van der Waals surface area contributed by atoms with Crippen molar-refractivity contribution < 1.29 is 15.2 Å². The predicted octanol–water partition coefficient (Wildman–Crippen LogP) is 0.933. The number of carbonyl (C=O) groups is 1. The van der Waals surface area contributed by atoms with Gasteiger partial charge in [-0.05, 0) is 12.1 Å². The van der Waals surface area contributed by atoms with Crippen LogP contribution in [0.3, 0.4) is 0 Å². The Morgan fingerprint density at radius 2 is 1.33 bits per heavy atom. The molecule has 120 valence electrons. The molecule has 3 aromatic carbocycles. The fourth-order valence-electron chi connectivity index (χ4n) is 2.36. The van der Waals surface area contributed by atoms with Gasteiger partial charge < -0.3 is 15.7 Å². The van der Waals surface area contributed by atoms with Crippen LogP contribution in [-0.4, -0.2) is 16.4 Å². The average Bonchev–Trinajstić information content (AvgIpc) is 2.93. The van der Waals surface area contributed by atoms with Crippen LogP contribution in [0.25, 0.3) is 10.8 Å². The Morgan fingerprint density at radius 3 is 1.88 bits per heavy atom. The predicted molar refractivity (Wildman–Crippen MR) is 85.2 cm³/mol. The summed E-state index contributed by atoms with van der Waals surface area (Å²) in [6.45, 7) is 0. The number of fused-ring (bicyclic) bond motifs is 1. The Bertz CT molecular complexity index is 997. The molecule has 0 aliphatic carbocycles. The molecule has 3 aromatic rings. The van der Waals surface area contributed by atoms with Crippen LogP contribution in [0.15, 0.2) is 70.0 Å². The van der Waals surface area contributed by atoms with Crippen molar-refractivity contribution in [1.82, 2.24) is 5.43 Å². The average molecular weight is 323 g/mol. The molecule has 0 aromatic heterocycles. The van der Waals surface area contributed by atoms with Gasteiger partial charge in [-0.15, -0.1) is 0 Å². The Balaban J connectivity index is 2.00. The first-order valence-corrected chi connectivity index (χ1v) is 6.99. The number of para-hydroxylation sites is 1. The third-order valence-corrected chi connectivity index (χ3v) is 3.39. The summed E-state index contributed by atoms with van der Waals surface area (Å²) in [7, 11) is 0. The molecule has 0 atom stereocenters. The maximum Gasteiger partial charge on any atom is 0.339 e. The van der Waals surface area contributed by atoms with E-state index in [0.717, 1.165) is 0 Å². The number of hydrogen-bond donors (Lipinski definition) is 4. The van der Waals surface area contributed by atoms with Crippen LogP contribution >= 0.6 is 0 Å². The van der Waals surface area contributed by atoms with Crippen LogP contribution in [0.1, 0.15) is 0 Å². The summed E-state index contributed by atoms with van der Waals surface area (Å²) in [6.07, 6.45) is 0. The number of amides is 2. The van der Waals surface area contributed by atoms with Gasteiger partial charge in [0.05, 0.1) is 0 Å². The van der Waals surface area contributed by atoms with Gasteiger partial charge in [-0.2, -0.15) is 5.10 Å². The van der Waals surface area contributed by atoms with Crippen molar-refractivity contribution in [2.24, 2.45) is 15.4 Å². The Kier molecular flexibility index (Phi) is 4.19. The molecule has 8 nitrogen and oxygen atoms in total. The number of nitrogens with zero attached hydrogens (tertiary/aromatic N) is 3. The van der Waals surface area contributed by atoms with Gasteiger partial charge in [-0.1, -0.05) is 52.8 Å². The zero-order valence-corrected chi connectivity index (χ0v) is 12.3. The normalized spacial score (nSPS) is 13.4. The number of anilines is 1. The molecule has 0 bridgehead atoms. The van der Waals surface area contributed by atoms with Gasteiger partial charge in [-0.3, -0.25) is 0 Å². The molecule has 0 heterocycles. The number of hydrogen-bond acceptors (Lipinski definition) is 6. The monoisotopic (exact) mass is 323 g/mol. The second-order valence-corrected chi connectivity index (χ2v) is 4.84. The van der Waals surface area contributed by atoms with Crippen LogP contribution in [-0.2, 0) is 0 Å². The summed E-state index contributed by atoms with van der Waals surface area (Å²) < 4.78 is 0. The highest BCUT2D eigenvalue weighted by molar-refractivity contribution is 5.89. The van der Waals surface area contributed by atoms with E-state index in [9.17, 15) is 15.2 Å². The molecule has 3 rings (SSSR count). The van der Waals surface area contributed by atoms with Crippen LogP contribution in [0.5, 0.6) is 0 Å². The molecule has 0 radical (unpaired) electrons. The molecule has 0 saturated carbocycles. The Hall–Kier alpha value is -3.68. The van der Waals surface area contributed by atoms with Gasteiger partial charge in [0.1, 0.15) is 16.1 Å². The van der Waals surface area contributed by atoms with Crippen LogP contribution in [0.2, 0.25) is 0 Å². The molecular formula is C16H13N5O3. The lowest BCUT2D eigenvalue weighted by atomic mass is 10.2. The second-order valence-electron chi connectivity index (χ2n) is 4.84. The maximum atomic E-state index is 11.9.